The summed E-state index contributed by atoms with van der Waals surface area (Å²) in [7, 11) is 0. The summed E-state index contributed by atoms with van der Waals surface area (Å²) >= 11 is 11.7. The standard InChI is InChI=1S/C24H26Cl2FN3O2/c25-17-3-1-15(2-4-17)16-7-8-28-21(9-16)29-23-12-24(13-23,14-23)30-22(31)11-32-18-5-6-19(26)20(27)10-18/h1-6,10,16,21,28-29H,7-9,11-14H2,(H,30,31). The summed E-state index contributed by atoms with van der Waals surface area (Å²) in [5.41, 5.74) is 1.31. The zero-order valence-electron chi connectivity index (χ0n) is 17.6. The highest BCUT2D eigenvalue weighted by Gasteiger charge is 2.68. The molecule has 4 fully saturated rings. The van der Waals surface area contributed by atoms with E-state index >= 15 is 0 Å². The molecule has 2 atom stereocenters. The summed E-state index contributed by atoms with van der Waals surface area (Å²) in [6.07, 6.45) is 5.18. The van der Waals surface area contributed by atoms with Crippen LogP contribution >= 0.6 is 23.2 Å². The number of piperidine rings is 1. The lowest BCUT2D eigenvalue weighted by Crippen LogP contribution is -2.85. The second kappa shape index (κ2) is 8.49. The molecule has 5 nitrogen and oxygen atoms in total. The first-order valence-electron chi connectivity index (χ1n) is 11.0. The van der Waals surface area contributed by atoms with Crippen LogP contribution in [0.25, 0.3) is 0 Å². The molecular weight excluding hydrogens is 452 g/mol. The number of ether oxygens (including phenoxy) is 1. The number of rotatable bonds is 7. The van der Waals surface area contributed by atoms with Crippen LogP contribution in [0.3, 0.4) is 0 Å². The molecule has 1 saturated heterocycles. The lowest BCUT2D eigenvalue weighted by atomic mass is 9.44. The number of hydrogen-bond acceptors (Lipinski definition) is 4. The molecule has 3 N–H and O–H groups in total. The molecule has 32 heavy (non-hydrogen) atoms. The first-order chi connectivity index (χ1) is 15.3. The van der Waals surface area contributed by atoms with Gasteiger partial charge in [0.15, 0.2) is 6.61 Å². The van der Waals surface area contributed by atoms with Gasteiger partial charge in [-0.1, -0.05) is 35.3 Å². The van der Waals surface area contributed by atoms with Gasteiger partial charge in [-0.25, -0.2) is 4.39 Å². The number of amides is 1. The molecule has 2 aromatic carbocycles. The Morgan fingerprint density at radius 3 is 2.59 bits per heavy atom. The zero-order chi connectivity index (χ0) is 22.3. The average molecular weight is 478 g/mol. The lowest BCUT2D eigenvalue weighted by Gasteiger charge is -2.71. The van der Waals surface area contributed by atoms with Gasteiger partial charge < -0.3 is 15.4 Å². The van der Waals surface area contributed by atoms with Crippen LogP contribution < -0.4 is 20.7 Å². The minimum Gasteiger partial charge on any atom is -0.484 e. The van der Waals surface area contributed by atoms with Gasteiger partial charge in [0.1, 0.15) is 11.6 Å². The maximum absolute atomic E-state index is 13.5. The summed E-state index contributed by atoms with van der Waals surface area (Å²) in [5.74, 6) is 0.0529. The molecule has 170 valence electrons. The van der Waals surface area contributed by atoms with Crippen molar-refractivity contribution in [1.82, 2.24) is 16.0 Å². The predicted molar refractivity (Wildman–Crippen MR) is 123 cm³/mol. The number of halogens is 3. The van der Waals surface area contributed by atoms with E-state index in [1.165, 1.54) is 17.7 Å². The molecule has 2 aromatic rings. The van der Waals surface area contributed by atoms with Crippen LogP contribution in [-0.2, 0) is 4.79 Å². The van der Waals surface area contributed by atoms with Crippen LogP contribution in [0.1, 0.15) is 43.6 Å². The van der Waals surface area contributed by atoms with Crippen molar-refractivity contribution >= 4 is 29.1 Å². The molecular formula is C24H26Cl2FN3O2. The number of hydrogen-bond donors (Lipinski definition) is 3. The molecule has 8 heteroatoms. The molecule has 3 saturated carbocycles. The summed E-state index contributed by atoms with van der Waals surface area (Å²) in [6.45, 7) is 0.835. The Morgan fingerprint density at radius 2 is 1.88 bits per heavy atom. The van der Waals surface area contributed by atoms with E-state index in [4.69, 9.17) is 27.9 Å². The van der Waals surface area contributed by atoms with Crippen LogP contribution in [0.2, 0.25) is 10.0 Å². The average Bonchev–Trinajstić information content (AvgIpc) is 2.73. The van der Waals surface area contributed by atoms with Crippen LogP contribution in [0.15, 0.2) is 42.5 Å². The monoisotopic (exact) mass is 477 g/mol. The molecule has 1 amide bonds. The fraction of sp³-hybridized carbons (Fsp3) is 0.458. The molecule has 1 aliphatic heterocycles. The van der Waals surface area contributed by atoms with Gasteiger partial charge in [-0.15, -0.1) is 0 Å². The van der Waals surface area contributed by atoms with Crippen LogP contribution in [0.5, 0.6) is 5.75 Å². The van der Waals surface area contributed by atoms with Crippen molar-refractivity contribution in [2.75, 3.05) is 13.2 Å². The minimum atomic E-state index is -0.563. The summed E-state index contributed by atoms with van der Waals surface area (Å²) in [4.78, 5) is 12.3. The third-order valence-corrected chi connectivity index (χ3v) is 7.48. The Kier molecular flexibility index (Phi) is 5.82. The van der Waals surface area contributed by atoms with Gasteiger partial charge in [0.2, 0.25) is 0 Å². The Bertz CT molecular complexity index is 997. The first-order valence-corrected chi connectivity index (χ1v) is 11.7. The van der Waals surface area contributed by atoms with Crippen molar-refractivity contribution in [3.63, 3.8) is 0 Å². The Hall–Kier alpha value is -1.86. The molecule has 0 radical (unpaired) electrons. The van der Waals surface area contributed by atoms with Crippen LogP contribution in [-0.4, -0.2) is 36.3 Å². The van der Waals surface area contributed by atoms with Gasteiger partial charge in [-0.05, 0) is 74.4 Å². The van der Waals surface area contributed by atoms with E-state index in [1.807, 2.05) is 12.1 Å². The van der Waals surface area contributed by atoms with E-state index < -0.39 is 5.82 Å². The number of carbonyl (C=O) groups is 1. The highest BCUT2D eigenvalue weighted by Crippen LogP contribution is 2.60. The Morgan fingerprint density at radius 1 is 1.12 bits per heavy atom. The fourth-order valence-corrected chi connectivity index (χ4v) is 5.80. The van der Waals surface area contributed by atoms with Gasteiger partial charge in [-0.3, -0.25) is 10.1 Å². The summed E-state index contributed by atoms with van der Waals surface area (Å²) < 4.78 is 18.9. The van der Waals surface area contributed by atoms with E-state index in [-0.39, 0.29) is 40.5 Å². The molecule has 3 aliphatic carbocycles. The molecule has 6 rings (SSSR count). The van der Waals surface area contributed by atoms with E-state index in [1.54, 1.807) is 6.07 Å². The van der Waals surface area contributed by atoms with E-state index in [2.05, 4.69) is 28.1 Å². The fourth-order valence-electron chi connectivity index (χ4n) is 5.56. The zero-order valence-corrected chi connectivity index (χ0v) is 19.1. The second-order valence-electron chi connectivity index (χ2n) is 9.43. The van der Waals surface area contributed by atoms with Gasteiger partial charge in [-0.2, -0.15) is 0 Å². The van der Waals surface area contributed by atoms with Crippen molar-refractivity contribution in [2.24, 2.45) is 0 Å². The largest absolute Gasteiger partial charge is 0.484 e. The maximum Gasteiger partial charge on any atom is 0.258 e. The molecule has 1 heterocycles. The summed E-state index contributed by atoms with van der Waals surface area (Å²) in [5, 5.41) is 11.3. The number of nitrogens with one attached hydrogen (secondary N) is 3. The van der Waals surface area contributed by atoms with Gasteiger partial charge >= 0.3 is 0 Å². The molecule has 4 aliphatic rings. The van der Waals surface area contributed by atoms with Crippen molar-refractivity contribution in [3.05, 3.63) is 63.9 Å². The highest BCUT2D eigenvalue weighted by atomic mass is 35.5. The van der Waals surface area contributed by atoms with Gasteiger partial charge in [0.25, 0.3) is 5.91 Å². The minimum absolute atomic E-state index is 0.0282. The highest BCUT2D eigenvalue weighted by molar-refractivity contribution is 6.30. The topological polar surface area (TPSA) is 62.4 Å². The second-order valence-corrected chi connectivity index (χ2v) is 10.3. The molecule has 0 spiro atoms. The number of benzene rings is 2. The Balaban J connectivity index is 1.07. The smallest absolute Gasteiger partial charge is 0.258 e. The van der Waals surface area contributed by atoms with Gasteiger partial charge in [0, 0.05) is 22.2 Å². The molecule has 2 bridgehead atoms. The third-order valence-electron chi connectivity index (χ3n) is 6.92. The van der Waals surface area contributed by atoms with E-state index in [0.29, 0.717) is 5.92 Å². The predicted octanol–water partition coefficient (Wildman–Crippen LogP) is 4.39. The lowest BCUT2D eigenvalue weighted by molar-refractivity contribution is -0.145. The third kappa shape index (κ3) is 4.46. The van der Waals surface area contributed by atoms with E-state index in [9.17, 15) is 9.18 Å². The molecule has 2 unspecified atom stereocenters. The molecule has 0 aromatic heterocycles. The van der Waals surface area contributed by atoms with Crippen molar-refractivity contribution in [3.8, 4) is 5.75 Å². The Labute approximate surface area is 197 Å². The normalized spacial score (nSPS) is 30.7. The SMILES string of the molecule is O=C(COc1ccc(Cl)c(F)c1)NC12CC(NC3CC(c4ccc(Cl)cc4)CCN3)(C1)C2. The van der Waals surface area contributed by atoms with Gasteiger partial charge in [0.05, 0.1) is 11.2 Å². The summed E-state index contributed by atoms with van der Waals surface area (Å²) in [6, 6.07) is 12.3. The quantitative estimate of drug-likeness (QED) is 0.553. The van der Waals surface area contributed by atoms with Crippen LogP contribution in [0.4, 0.5) is 4.39 Å². The maximum atomic E-state index is 13.5. The number of carbonyl (C=O) groups excluding carboxylic acids is 1. The first kappa shape index (κ1) is 22.0. The van der Waals surface area contributed by atoms with Crippen molar-refractivity contribution in [2.45, 2.75) is 55.3 Å². The van der Waals surface area contributed by atoms with E-state index in [0.717, 1.165) is 43.7 Å². The van der Waals surface area contributed by atoms with Crippen molar-refractivity contribution in [1.29, 1.82) is 0 Å². The van der Waals surface area contributed by atoms with Crippen LogP contribution in [0, 0.1) is 5.82 Å². The van der Waals surface area contributed by atoms with Crippen molar-refractivity contribution < 1.29 is 13.9 Å².